The zero-order chi connectivity index (χ0) is 30.0. The Balaban J connectivity index is 1.28. The summed E-state index contributed by atoms with van der Waals surface area (Å²) < 4.78 is 42.2. The molecule has 0 bridgehead atoms. The van der Waals surface area contributed by atoms with E-state index in [2.05, 4.69) is 15.6 Å². The molecule has 1 amide bonds. The van der Waals surface area contributed by atoms with Crippen molar-refractivity contribution in [1.29, 1.82) is 0 Å². The van der Waals surface area contributed by atoms with Gasteiger partial charge in [0.15, 0.2) is 0 Å². The fourth-order valence-electron chi connectivity index (χ4n) is 5.31. The zero-order valence-electron chi connectivity index (χ0n) is 22.8. The van der Waals surface area contributed by atoms with Gasteiger partial charge in [0.2, 0.25) is 5.91 Å². The van der Waals surface area contributed by atoms with E-state index in [-0.39, 0.29) is 16.7 Å². The number of hydrogen-bond donors (Lipinski definition) is 2. The lowest BCUT2D eigenvalue weighted by molar-refractivity contribution is -0.136. The monoisotopic (exact) mass is 613 g/mol. The molecular formula is C34H26F3N3OS2. The van der Waals surface area contributed by atoms with Crippen LogP contribution in [0, 0.1) is 0 Å². The van der Waals surface area contributed by atoms with E-state index in [0.29, 0.717) is 29.1 Å². The van der Waals surface area contributed by atoms with Gasteiger partial charge < -0.3 is 10.6 Å². The molecule has 4 aromatic carbocycles. The first-order valence-electron chi connectivity index (χ1n) is 13.7. The van der Waals surface area contributed by atoms with E-state index in [1.807, 2.05) is 78.9 Å². The van der Waals surface area contributed by atoms with E-state index >= 15 is 0 Å². The minimum Gasteiger partial charge on any atom is -0.381 e. The SMILES string of the molecule is O=C1NC(=S)SC1Cc1ccc(CNc2cccc(-c3c(Cc4ccccc4)cnc4c(C(F)(F)F)cccc34)c2)cc1. The number of thioether (sulfide) groups is 1. The van der Waals surface area contributed by atoms with Gasteiger partial charge in [-0.2, -0.15) is 13.2 Å². The highest BCUT2D eigenvalue weighted by Gasteiger charge is 2.34. The van der Waals surface area contributed by atoms with E-state index in [1.54, 1.807) is 12.3 Å². The standard InChI is InChI=1S/C34H26F3N3OS2/c35-34(36,37)28-11-5-10-27-30(25(20-39-31(27)28)16-21-6-2-1-3-7-21)24-8-4-9-26(18-24)38-19-23-14-12-22(13-15-23)17-29-32(41)40-33(42)43-29/h1-15,18,20,29,38H,16-17,19H2,(H,40,41,42). The lowest BCUT2D eigenvalue weighted by atomic mass is 9.91. The van der Waals surface area contributed by atoms with Crippen molar-refractivity contribution in [2.45, 2.75) is 30.8 Å². The summed E-state index contributed by atoms with van der Waals surface area (Å²) in [5.74, 6) is -0.0517. The summed E-state index contributed by atoms with van der Waals surface area (Å²) in [5, 5.41) is 6.39. The van der Waals surface area contributed by atoms with Crippen LogP contribution in [0.25, 0.3) is 22.0 Å². The van der Waals surface area contributed by atoms with Gasteiger partial charge in [0.05, 0.1) is 16.3 Å². The number of benzene rings is 4. The van der Waals surface area contributed by atoms with Crippen LogP contribution in [0.4, 0.5) is 18.9 Å². The minimum atomic E-state index is -4.52. The Morgan fingerprint density at radius 2 is 1.63 bits per heavy atom. The summed E-state index contributed by atoms with van der Waals surface area (Å²) >= 11 is 6.47. The molecule has 0 aliphatic carbocycles. The van der Waals surface area contributed by atoms with Crippen LogP contribution in [-0.2, 0) is 30.4 Å². The lowest BCUT2D eigenvalue weighted by Gasteiger charge is -2.17. The summed E-state index contributed by atoms with van der Waals surface area (Å²) in [4.78, 5) is 16.3. The third-order valence-electron chi connectivity index (χ3n) is 7.38. The number of anilines is 1. The topological polar surface area (TPSA) is 54.0 Å². The Kier molecular flexibility index (Phi) is 8.19. The number of halogens is 3. The van der Waals surface area contributed by atoms with Crippen LogP contribution in [0.1, 0.15) is 27.8 Å². The third-order valence-corrected chi connectivity index (χ3v) is 8.75. The van der Waals surface area contributed by atoms with Gasteiger partial charge in [-0.3, -0.25) is 9.78 Å². The second-order valence-corrected chi connectivity index (χ2v) is 12.2. The lowest BCUT2D eigenvalue weighted by Crippen LogP contribution is -2.25. The molecule has 0 saturated carbocycles. The third kappa shape index (κ3) is 6.58. The van der Waals surface area contributed by atoms with Crippen molar-refractivity contribution in [3.05, 3.63) is 131 Å². The number of hydrogen-bond acceptors (Lipinski definition) is 5. The smallest absolute Gasteiger partial charge is 0.381 e. The second kappa shape index (κ2) is 12.2. The fraction of sp³-hybridized carbons (Fsp3) is 0.147. The molecule has 216 valence electrons. The maximum Gasteiger partial charge on any atom is 0.418 e. The molecule has 1 atom stereocenters. The van der Waals surface area contributed by atoms with Crippen molar-refractivity contribution in [1.82, 2.24) is 10.3 Å². The Labute approximate surface area is 256 Å². The summed E-state index contributed by atoms with van der Waals surface area (Å²) in [6.45, 7) is 0.554. The highest BCUT2D eigenvalue weighted by Crippen LogP contribution is 2.39. The largest absolute Gasteiger partial charge is 0.418 e. The fourth-order valence-corrected chi connectivity index (χ4v) is 6.62. The van der Waals surface area contributed by atoms with Crippen LogP contribution in [0.15, 0.2) is 103 Å². The molecular weight excluding hydrogens is 588 g/mol. The molecule has 1 aromatic heterocycles. The first-order chi connectivity index (χ1) is 20.7. The van der Waals surface area contributed by atoms with E-state index in [0.717, 1.165) is 45.1 Å². The Hall–Kier alpha value is -4.21. The minimum absolute atomic E-state index is 0.0517. The zero-order valence-corrected chi connectivity index (χ0v) is 24.5. The molecule has 1 aliphatic heterocycles. The molecule has 6 rings (SSSR count). The van der Waals surface area contributed by atoms with Crippen LogP contribution < -0.4 is 10.6 Å². The number of alkyl halides is 3. The molecule has 0 radical (unpaired) electrons. The van der Waals surface area contributed by atoms with Crippen molar-refractivity contribution >= 4 is 50.8 Å². The van der Waals surface area contributed by atoms with Gasteiger partial charge in [0, 0.05) is 23.8 Å². The highest BCUT2D eigenvalue weighted by molar-refractivity contribution is 8.24. The molecule has 4 nitrogen and oxygen atoms in total. The second-order valence-electron chi connectivity index (χ2n) is 10.4. The molecule has 1 saturated heterocycles. The van der Waals surface area contributed by atoms with Crippen LogP contribution in [-0.4, -0.2) is 20.5 Å². The number of nitrogens with zero attached hydrogens (tertiary/aromatic N) is 1. The quantitative estimate of drug-likeness (QED) is 0.173. The van der Waals surface area contributed by atoms with Crippen LogP contribution in [0.3, 0.4) is 0 Å². The molecule has 2 N–H and O–H groups in total. The van der Waals surface area contributed by atoms with Crippen molar-refractivity contribution < 1.29 is 18.0 Å². The van der Waals surface area contributed by atoms with E-state index in [9.17, 15) is 18.0 Å². The highest BCUT2D eigenvalue weighted by atomic mass is 32.2. The first-order valence-corrected chi connectivity index (χ1v) is 15.0. The molecule has 2 heterocycles. The maximum atomic E-state index is 13.9. The van der Waals surface area contributed by atoms with Gasteiger partial charge >= 0.3 is 6.18 Å². The first kappa shape index (κ1) is 28.9. The number of amides is 1. The molecule has 43 heavy (non-hydrogen) atoms. The summed E-state index contributed by atoms with van der Waals surface area (Å²) in [5.41, 5.74) is 5.59. The number of fused-ring (bicyclic) bond motifs is 1. The number of aromatic nitrogens is 1. The number of thiocarbonyl (C=S) groups is 1. The number of rotatable bonds is 8. The number of pyridine rings is 1. The Bertz CT molecular complexity index is 1810. The van der Waals surface area contributed by atoms with E-state index in [4.69, 9.17) is 12.2 Å². The average molecular weight is 614 g/mol. The molecule has 1 aliphatic rings. The molecule has 1 unspecified atom stereocenters. The summed E-state index contributed by atoms with van der Waals surface area (Å²) in [6.07, 6.45) is -1.80. The van der Waals surface area contributed by atoms with Crippen molar-refractivity contribution in [3.8, 4) is 11.1 Å². The summed E-state index contributed by atoms with van der Waals surface area (Å²) in [7, 11) is 0. The van der Waals surface area contributed by atoms with Crippen molar-refractivity contribution in [2.75, 3.05) is 5.32 Å². The number of carbonyl (C=O) groups excluding carboxylic acids is 1. The normalized spacial score (nSPS) is 15.1. The van der Waals surface area contributed by atoms with Crippen LogP contribution in [0.5, 0.6) is 0 Å². The molecule has 5 aromatic rings. The van der Waals surface area contributed by atoms with Gasteiger partial charge in [0.25, 0.3) is 0 Å². The molecule has 1 fully saturated rings. The van der Waals surface area contributed by atoms with Gasteiger partial charge in [-0.1, -0.05) is 103 Å². The number of para-hydroxylation sites is 1. The van der Waals surface area contributed by atoms with Gasteiger partial charge in [-0.15, -0.1) is 0 Å². The van der Waals surface area contributed by atoms with Gasteiger partial charge in [-0.25, -0.2) is 0 Å². The predicted molar refractivity (Wildman–Crippen MR) is 171 cm³/mol. The Morgan fingerprint density at radius 3 is 2.35 bits per heavy atom. The van der Waals surface area contributed by atoms with Gasteiger partial charge in [-0.05, 0) is 64.4 Å². The predicted octanol–water partition coefficient (Wildman–Crippen LogP) is 8.18. The summed E-state index contributed by atoms with van der Waals surface area (Å²) in [6, 6.07) is 29.9. The van der Waals surface area contributed by atoms with E-state index < -0.39 is 11.7 Å². The van der Waals surface area contributed by atoms with Gasteiger partial charge in [0.1, 0.15) is 4.32 Å². The number of nitrogens with one attached hydrogen (secondary N) is 2. The molecule has 0 spiro atoms. The number of carbonyl (C=O) groups is 1. The molecule has 9 heteroatoms. The van der Waals surface area contributed by atoms with E-state index in [1.165, 1.54) is 17.8 Å². The van der Waals surface area contributed by atoms with Crippen LogP contribution in [0.2, 0.25) is 0 Å². The van der Waals surface area contributed by atoms with Crippen molar-refractivity contribution in [3.63, 3.8) is 0 Å². The average Bonchev–Trinajstić information content (AvgIpc) is 3.32. The van der Waals surface area contributed by atoms with Crippen molar-refractivity contribution in [2.24, 2.45) is 0 Å². The maximum absolute atomic E-state index is 13.9. The van der Waals surface area contributed by atoms with Crippen LogP contribution >= 0.6 is 24.0 Å². The Morgan fingerprint density at radius 1 is 0.884 bits per heavy atom.